The number of hydrogen-bond donors (Lipinski definition) is 3. The Morgan fingerprint density at radius 1 is 1.55 bits per heavy atom. The predicted octanol–water partition coefficient (Wildman–Crippen LogP) is 0.186. The van der Waals surface area contributed by atoms with Crippen LogP contribution in [0.2, 0.25) is 0 Å². The normalized spacial score (nSPS) is 21.6. The average molecular weight is 298 g/mol. The van der Waals surface area contributed by atoms with Crippen LogP contribution in [0.15, 0.2) is 9.95 Å². The zero-order chi connectivity index (χ0) is 14.3. The molecule has 1 aromatic heterocycles. The van der Waals surface area contributed by atoms with E-state index < -0.39 is 11.5 Å². The van der Waals surface area contributed by atoms with Crippen LogP contribution >= 0.6 is 11.8 Å². The molecule has 8 heteroatoms. The maximum Gasteiger partial charge on any atom is 0.343 e. The Morgan fingerprint density at radius 3 is 2.70 bits per heavy atom. The summed E-state index contributed by atoms with van der Waals surface area (Å²) in [6.07, 6.45) is 4.00. The highest BCUT2D eigenvalue weighted by atomic mass is 32.2. The van der Waals surface area contributed by atoms with Gasteiger partial charge in [0.2, 0.25) is 0 Å². The molecule has 2 saturated carbocycles. The second-order valence-electron chi connectivity index (χ2n) is 5.63. The fraction of sp³-hybridized carbons (Fsp3) is 0.750. The predicted molar refractivity (Wildman–Crippen MR) is 73.8 cm³/mol. The lowest BCUT2D eigenvalue weighted by Gasteiger charge is -2.30. The van der Waals surface area contributed by atoms with Crippen LogP contribution in [0.1, 0.15) is 25.7 Å². The van der Waals surface area contributed by atoms with Crippen molar-refractivity contribution in [2.24, 2.45) is 13.0 Å². The van der Waals surface area contributed by atoms with Gasteiger partial charge >= 0.3 is 11.7 Å². The van der Waals surface area contributed by atoms with Crippen molar-refractivity contribution in [1.82, 2.24) is 20.1 Å². The standard InChI is InChI=1S/C12H18N4O3S/c1-16-10(19)14-15-11(16)20-6-12(9(17)18,7-2-3-7)13-8-4-5-8/h7-8,13H,2-6H2,1H3,(H,14,19)(H,17,18). The van der Waals surface area contributed by atoms with Crippen LogP contribution in [-0.4, -0.2) is 43.2 Å². The maximum absolute atomic E-state index is 11.8. The molecule has 0 saturated heterocycles. The number of carboxylic acid groups (broad SMARTS) is 1. The summed E-state index contributed by atoms with van der Waals surface area (Å²) < 4.78 is 1.40. The van der Waals surface area contributed by atoms with E-state index in [0.717, 1.165) is 25.7 Å². The third kappa shape index (κ3) is 2.49. The second-order valence-corrected chi connectivity index (χ2v) is 6.57. The fourth-order valence-electron chi connectivity index (χ4n) is 2.38. The van der Waals surface area contributed by atoms with E-state index in [4.69, 9.17) is 0 Å². The van der Waals surface area contributed by atoms with Crippen molar-refractivity contribution in [2.75, 3.05) is 5.75 Å². The van der Waals surface area contributed by atoms with Crippen LogP contribution < -0.4 is 11.0 Å². The fourth-order valence-corrected chi connectivity index (χ4v) is 3.57. The maximum atomic E-state index is 11.8. The van der Waals surface area contributed by atoms with Gasteiger partial charge in [-0.25, -0.2) is 9.89 Å². The molecule has 3 rings (SSSR count). The van der Waals surface area contributed by atoms with Crippen LogP contribution in [0.4, 0.5) is 0 Å². The number of nitrogens with zero attached hydrogens (tertiary/aromatic N) is 2. The summed E-state index contributed by atoms with van der Waals surface area (Å²) in [4.78, 5) is 23.1. The first-order valence-electron chi connectivity index (χ1n) is 6.78. The molecule has 20 heavy (non-hydrogen) atoms. The van der Waals surface area contributed by atoms with E-state index in [9.17, 15) is 14.7 Å². The van der Waals surface area contributed by atoms with Crippen LogP contribution in [0.25, 0.3) is 0 Å². The summed E-state index contributed by atoms with van der Waals surface area (Å²) in [6, 6.07) is 0.329. The van der Waals surface area contributed by atoms with Crippen molar-refractivity contribution >= 4 is 17.7 Å². The van der Waals surface area contributed by atoms with Gasteiger partial charge in [0.15, 0.2) is 5.16 Å². The van der Waals surface area contributed by atoms with Gasteiger partial charge in [0.1, 0.15) is 5.54 Å². The molecule has 1 atom stereocenters. The number of H-pyrrole nitrogens is 1. The molecular weight excluding hydrogens is 280 g/mol. The van der Waals surface area contributed by atoms with Gasteiger partial charge in [0.05, 0.1) is 0 Å². The lowest BCUT2D eigenvalue weighted by molar-refractivity contribution is -0.145. The molecule has 2 aliphatic carbocycles. The molecule has 110 valence electrons. The minimum absolute atomic E-state index is 0.184. The number of carboxylic acids is 1. The Hall–Kier alpha value is -1.28. The summed E-state index contributed by atoms with van der Waals surface area (Å²) in [5.41, 5.74) is -1.17. The van der Waals surface area contributed by atoms with Gasteiger partial charge in [-0.3, -0.25) is 14.7 Å². The number of rotatable bonds is 7. The molecular formula is C12H18N4O3S. The Morgan fingerprint density at radius 2 is 2.25 bits per heavy atom. The van der Waals surface area contributed by atoms with E-state index in [2.05, 4.69) is 15.5 Å². The minimum Gasteiger partial charge on any atom is -0.480 e. The van der Waals surface area contributed by atoms with Gasteiger partial charge in [0.25, 0.3) is 0 Å². The lowest BCUT2D eigenvalue weighted by atomic mass is 9.95. The Bertz CT molecular complexity index is 576. The summed E-state index contributed by atoms with van der Waals surface area (Å²) in [5.74, 6) is -0.217. The highest BCUT2D eigenvalue weighted by molar-refractivity contribution is 7.99. The molecule has 0 aromatic carbocycles. The van der Waals surface area contributed by atoms with E-state index in [1.165, 1.54) is 16.3 Å². The third-order valence-corrected chi connectivity index (χ3v) is 5.19. The van der Waals surface area contributed by atoms with E-state index >= 15 is 0 Å². The Kier molecular flexibility index (Phi) is 3.37. The number of aromatic amines is 1. The molecule has 1 unspecified atom stereocenters. The first-order valence-corrected chi connectivity index (χ1v) is 7.77. The van der Waals surface area contributed by atoms with Gasteiger partial charge in [-0.1, -0.05) is 11.8 Å². The number of aromatic nitrogens is 3. The largest absolute Gasteiger partial charge is 0.480 e. The highest BCUT2D eigenvalue weighted by Gasteiger charge is 2.53. The summed E-state index contributed by atoms with van der Waals surface area (Å²) >= 11 is 1.32. The minimum atomic E-state index is -0.888. The molecule has 1 aromatic rings. The third-order valence-electron chi connectivity index (χ3n) is 3.96. The first-order chi connectivity index (χ1) is 9.53. The first kappa shape index (κ1) is 13.7. The molecule has 0 bridgehead atoms. The number of nitrogens with one attached hydrogen (secondary N) is 2. The number of thioether (sulfide) groups is 1. The van der Waals surface area contributed by atoms with Gasteiger partial charge < -0.3 is 5.11 Å². The second kappa shape index (κ2) is 4.92. The van der Waals surface area contributed by atoms with E-state index in [1.807, 2.05) is 0 Å². The van der Waals surface area contributed by atoms with Crippen LogP contribution in [0.5, 0.6) is 0 Å². The number of aliphatic carboxylic acids is 1. The van der Waals surface area contributed by atoms with E-state index in [0.29, 0.717) is 17.0 Å². The molecule has 0 radical (unpaired) electrons. The molecule has 0 spiro atoms. The topological polar surface area (TPSA) is 100 Å². The molecule has 3 N–H and O–H groups in total. The van der Waals surface area contributed by atoms with Gasteiger partial charge in [-0.15, -0.1) is 5.10 Å². The van der Waals surface area contributed by atoms with Crippen LogP contribution in [0, 0.1) is 5.92 Å². The van der Waals surface area contributed by atoms with Crippen molar-refractivity contribution in [2.45, 2.75) is 42.4 Å². The van der Waals surface area contributed by atoms with Crippen molar-refractivity contribution in [3.8, 4) is 0 Å². The van der Waals surface area contributed by atoms with Gasteiger partial charge in [-0.2, -0.15) is 0 Å². The van der Waals surface area contributed by atoms with Crippen molar-refractivity contribution in [3.05, 3.63) is 10.5 Å². The summed E-state index contributed by atoms with van der Waals surface area (Å²) in [7, 11) is 1.63. The zero-order valence-corrected chi connectivity index (χ0v) is 12.1. The highest BCUT2D eigenvalue weighted by Crippen LogP contribution is 2.44. The number of hydrogen-bond acceptors (Lipinski definition) is 5. The van der Waals surface area contributed by atoms with E-state index in [-0.39, 0.29) is 11.6 Å². The lowest BCUT2D eigenvalue weighted by Crippen LogP contribution is -2.57. The molecule has 0 aliphatic heterocycles. The molecule has 2 fully saturated rings. The SMILES string of the molecule is Cn1c(SCC(NC2CC2)(C(=O)O)C2CC2)n[nH]c1=O. The summed E-state index contributed by atoms with van der Waals surface area (Å²) in [6.45, 7) is 0. The van der Waals surface area contributed by atoms with Crippen LogP contribution in [0.3, 0.4) is 0 Å². The van der Waals surface area contributed by atoms with Crippen molar-refractivity contribution < 1.29 is 9.90 Å². The van der Waals surface area contributed by atoms with Gasteiger partial charge in [-0.05, 0) is 31.6 Å². The Balaban J connectivity index is 1.77. The van der Waals surface area contributed by atoms with Gasteiger partial charge in [0, 0.05) is 18.8 Å². The molecule has 1 heterocycles. The Labute approximate surface area is 120 Å². The zero-order valence-electron chi connectivity index (χ0n) is 11.3. The van der Waals surface area contributed by atoms with Crippen LogP contribution in [-0.2, 0) is 11.8 Å². The monoisotopic (exact) mass is 298 g/mol. The average Bonchev–Trinajstić information content (AvgIpc) is 3.29. The quantitative estimate of drug-likeness (QED) is 0.621. The molecule has 7 nitrogen and oxygen atoms in total. The van der Waals surface area contributed by atoms with Crippen molar-refractivity contribution in [3.63, 3.8) is 0 Å². The van der Waals surface area contributed by atoms with Crippen molar-refractivity contribution in [1.29, 1.82) is 0 Å². The summed E-state index contributed by atoms with van der Waals surface area (Å²) in [5, 5.41) is 19.8. The number of carbonyl (C=O) groups is 1. The molecule has 2 aliphatic rings. The smallest absolute Gasteiger partial charge is 0.343 e. The van der Waals surface area contributed by atoms with E-state index in [1.54, 1.807) is 7.05 Å². The molecule has 0 amide bonds.